The van der Waals surface area contributed by atoms with Gasteiger partial charge in [0.05, 0.1) is 11.4 Å². The lowest BCUT2D eigenvalue weighted by Gasteiger charge is -2.31. The number of ether oxygens (including phenoxy) is 1. The average Bonchev–Trinajstić information content (AvgIpc) is 3.35. The van der Waals surface area contributed by atoms with E-state index in [0.717, 1.165) is 45.1 Å². The molecule has 0 unspecified atom stereocenters. The second-order valence-electron chi connectivity index (χ2n) is 7.61. The predicted molar refractivity (Wildman–Crippen MR) is 125 cm³/mol. The zero-order chi connectivity index (χ0) is 21.5. The van der Waals surface area contributed by atoms with Crippen molar-refractivity contribution >= 4 is 11.4 Å². The molecule has 1 aliphatic rings. The molecule has 5 heteroatoms. The molecule has 0 fully saturated rings. The van der Waals surface area contributed by atoms with Gasteiger partial charge in [-0.3, -0.25) is 0 Å². The molecule has 0 radical (unpaired) electrons. The van der Waals surface area contributed by atoms with Crippen molar-refractivity contribution < 1.29 is 9.15 Å². The summed E-state index contributed by atoms with van der Waals surface area (Å²) in [5.41, 5.74) is 5.74. The summed E-state index contributed by atoms with van der Waals surface area (Å²) in [5, 5.41) is 8.61. The summed E-state index contributed by atoms with van der Waals surface area (Å²) in [6.07, 6.45) is 0. The molecule has 0 saturated carbocycles. The SMILES string of the molecule is CN1c2ccccc2Oc2c(-c3ccccc3-c3nnc(-c4ccccc4)o3)cccc21. The number of fused-ring (bicyclic) bond motifs is 2. The summed E-state index contributed by atoms with van der Waals surface area (Å²) in [4.78, 5) is 2.15. The normalized spacial score (nSPS) is 12.1. The van der Waals surface area contributed by atoms with Gasteiger partial charge in [-0.2, -0.15) is 0 Å². The van der Waals surface area contributed by atoms with Crippen molar-refractivity contribution in [1.82, 2.24) is 10.2 Å². The van der Waals surface area contributed by atoms with Crippen LogP contribution in [0.5, 0.6) is 11.5 Å². The second-order valence-corrected chi connectivity index (χ2v) is 7.61. The largest absolute Gasteiger partial charge is 0.452 e. The van der Waals surface area contributed by atoms with Gasteiger partial charge < -0.3 is 14.1 Å². The van der Waals surface area contributed by atoms with E-state index in [-0.39, 0.29) is 0 Å². The van der Waals surface area contributed by atoms with Gasteiger partial charge in [0, 0.05) is 23.7 Å². The van der Waals surface area contributed by atoms with Crippen molar-refractivity contribution in [3.8, 4) is 45.5 Å². The summed E-state index contributed by atoms with van der Waals surface area (Å²) in [6.45, 7) is 0. The van der Waals surface area contributed by atoms with Crippen molar-refractivity contribution in [2.24, 2.45) is 0 Å². The highest BCUT2D eigenvalue weighted by Crippen LogP contribution is 2.50. The van der Waals surface area contributed by atoms with Gasteiger partial charge in [-0.05, 0) is 42.0 Å². The molecule has 1 aliphatic heterocycles. The molecule has 0 spiro atoms. The van der Waals surface area contributed by atoms with E-state index >= 15 is 0 Å². The summed E-state index contributed by atoms with van der Waals surface area (Å²) in [5.74, 6) is 2.61. The van der Waals surface area contributed by atoms with Gasteiger partial charge >= 0.3 is 0 Å². The van der Waals surface area contributed by atoms with Crippen LogP contribution in [-0.2, 0) is 0 Å². The first kappa shape index (κ1) is 18.4. The Labute approximate surface area is 185 Å². The van der Waals surface area contributed by atoms with Crippen LogP contribution in [-0.4, -0.2) is 17.2 Å². The molecule has 5 aromatic rings. The van der Waals surface area contributed by atoms with E-state index in [4.69, 9.17) is 9.15 Å². The van der Waals surface area contributed by atoms with Gasteiger partial charge in [0.1, 0.15) is 0 Å². The first-order valence-electron chi connectivity index (χ1n) is 10.4. The first-order valence-corrected chi connectivity index (χ1v) is 10.4. The molecule has 32 heavy (non-hydrogen) atoms. The number of para-hydroxylation sites is 3. The number of hydrogen-bond donors (Lipinski definition) is 0. The van der Waals surface area contributed by atoms with E-state index in [1.165, 1.54) is 0 Å². The van der Waals surface area contributed by atoms with Gasteiger partial charge in [-0.15, -0.1) is 10.2 Å². The molecule has 2 heterocycles. The van der Waals surface area contributed by atoms with E-state index in [2.05, 4.69) is 46.4 Å². The predicted octanol–water partition coefficient (Wildman–Crippen LogP) is 6.94. The number of benzene rings is 4. The topological polar surface area (TPSA) is 51.4 Å². The average molecular weight is 417 g/mol. The molecule has 0 N–H and O–H groups in total. The molecule has 0 atom stereocenters. The van der Waals surface area contributed by atoms with Gasteiger partial charge in [0.15, 0.2) is 11.5 Å². The maximum Gasteiger partial charge on any atom is 0.248 e. The number of hydrogen-bond acceptors (Lipinski definition) is 5. The van der Waals surface area contributed by atoms with Crippen molar-refractivity contribution in [2.75, 3.05) is 11.9 Å². The van der Waals surface area contributed by atoms with Gasteiger partial charge in [0.25, 0.3) is 0 Å². The fourth-order valence-electron chi connectivity index (χ4n) is 4.10. The van der Waals surface area contributed by atoms with E-state index < -0.39 is 0 Å². The summed E-state index contributed by atoms with van der Waals surface area (Å²) in [7, 11) is 2.06. The minimum Gasteiger partial charge on any atom is -0.452 e. The van der Waals surface area contributed by atoms with Crippen LogP contribution in [0.2, 0.25) is 0 Å². The third-order valence-corrected chi connectivity index (χ3v) is 5.69. The van der Waals surface area contributed by atoms with Crippen molar-refractivity contribution in [2.45, 2.75) is 0 Å². The fraction of sp³-hybridized carbons (Fsp3) is 0.0370. The molecule has 0 bridgehead atoms. The maximum atomic E-state index is 6.39. The highest BCUT2D eigenvalue weighted by molar-refractivity contribution is 5.90. The van der Waals surface area contributed by atoms with E-state index in [1.807, 2.05) is 72.8 Å². The standard InChI is InChI=1S/C27H19N3O2/c1-30-22-15-7-8-17-24(22)31-25-20(14-9-16-23(25)30)19-12-5-6-13-21(19)27-29-28-26(32-27)18-10-3-2-4-11-18/h2-17H,1H3. The molecule has 1 aromatic heterocycles. The Balaban J connectivity index is 1.48. The van der Waals surface area contributed by atoms with Gasteiger partial charge in [0.2, 0.25) is 11.8 Å². The van der Waals surface area contributed by atoms with Crippen LogP contribution in [0, 0.1) is 0 Å². The van der Waals surface area contributed by atoms with E-state index in [9.17, 15) is 0 Å². The fourth-order valence-corrected chi connectivity index (χ4v) is 4.10. The Kier molecular flexibility index (Phi) is 4.25. The van der Waals surface area contributed by atoms with E-state index in [1.54, 1.807) is 0 Å². The summed E-state index contributed by atoms with van der Waals surface area (Å²) < 4.78 is 12.5. The van der Waals surface area contributed by atoms with Crippen molar-refractivity contribution in [1.29, 1.82) is 0 Å². The molecule has 5 nitrogen and oxygen atoms in total. The third-order valence-electron chi connectivity index (χ3n) is 5.69. The highest BCUT2D eigenvalue weighted by Gasteiger charge is 2.25. The van der Waals surface area contributed by atoms with Crippen LogP contribution in [0.25, 0.3) is 34.0 Å². The highest BCUT2D eigenvalue weighted by atomic mass is 16.5. The monoisotopic (exact) mass is 417 g/mol. The Morgan fingerprint density at radius 3 is 2.12 bits per heavy atom. The van der Waals surface area contributed by atoms with Crippen LogP contribution in [0.3, 0.4) is 0 Å². The molecule has 4 aromatic carbocycles. The number of rotatable bonds is 3. The summed E-state index contributed by atoms with van der Waals surface area (Å²) in [6, 6.07) is 32.0. The zero-order valence-electron chi connectivity index (χ0n) is 17.4. The quantitative estimate of drug-likeness (QED) is 0.318. The summed E-state index contributed by atoms with van der Waals surface area (Å²) >= 11 is 0. The van der Waals surface area contributed by atoms with E-state index in [0.29, 0.717) is 11.8 Å². The van der Waals surface area contributed by atoms with Gasteiger partial charge in [-0.25, -0.2) is 0 Å². The molecular formula is C27H19N3O2. The Morgan fingerprint density at radius 1 is 0.594 bits per heavy atom. The lowest BCUT2D eigenvalue weighted by Crippen LogP contribution is -2.15. The minimum atomic E-state index is 0.474. The Hall–Kier alpha value is -4.38. The molecule has 0 saturated heterocycles. The van der Waals surface area contributed by atoms with Crippen LogP contribution in [0.15, 0.2) is 101 Å². The maximum absolute atomic E-state index is 6.39. The lowest BCUT2D eigenvalue weighted by atomic mass is 9.97. The first-order chi connectivity index (χ1) is 15.8. The molecule has 154 valence electrons. The minimum absolute atomic E-state index is 0.474. The van der Waals surface area contributed by atoms with Crippen molar-refractivity contribution in [3.63, 3.8) is 0 Å². The third kappa shape index (κ3) is 2.94. The lowest BCUT2D eigenvalue weighted by molar-refractivity contribution is 0.477. The molecule has 0 aliphatic carbocycles. The molecule has 6 rings (SSSR count). The van der Waals surface area contributed by atoms with Gasteiger partial charge in [-0.1, -0.05) is 60.7 Å². The van der Waals surface area contributed by atoms with Crippen LogP contribution < -0.4 is 9.64 Å². The Bertz CT molecular complexity index is 1430. The van der Waals surface area contributed by atoms with Crippen LogP contribution in [0.4, 0.5) is 11.4 Å². The number of nitrogens with zero attached hydrogens (tertiary/aromatic N) is 3. The second kappa shape index (κ2) is 7.39. The van der Waals surface area contributed by atoms with Crippen molar-refractivity contribution in [3.05, 3.63) is 97.1 Å². The zero-order valence-corrected chi connectivity index (χ0v) is 17.4. The smallest absolute Gasteiger partial charge is 0.248 e. The Morgan fingerprint density at radius 2 is 1.25 bits per heavy atom. The molecule has 0 amide bonds. The van der Waals surface area contributed by atoms with Crippen LogP contribution in [0.1, 0.15) is 0 Å². The van der Waals surface area contributed by atoms with Crippen LogP contribution >= 0.6 is 0 Å². The number of anilines is 2. The molecular weight excluding hydrogens is 398 g/mol. The number of aromatic nitrogens is 2.